The maximum Gasteiger partial charge on any atom is 0.291 e. The molecule has 0 bridgehead atoms. The molecular weight excluding hydrogens is 357 g/mol. The third-order valence-electron chi connectivity index (χ3n) is 5.93. The van der Waals surface area contributed by atoms with Crippen LogP contribution in [0.2, 0.25) is 0 Å². The number of nitrogens with one attached hydrogen (secondary N) is 1. The Morgan fingerprint density at radius 2 is 2.11 bits per heavy atom. The van der Waals surface area contributed by atoms with Crippen LogP contribution in [0.3, 0.4) is 0 Å². The number of methoxy groups -OCH3 is 1. The topological polar surface area (TPSA) is 113 Å². The van der Waals surface area contributed by atoms with E-state index in [1.165, 1.54) is 32.2 Å². The fraction of sp³-hybridized carbons (Fsp3) is 0.500. The Balaban J connectivity index is 1.86. The van der Waals surface area contributed by atoms with Gasteiger partial charge >= 0.3 is 0 Å². The molecule has 3 amide bonds. The van der Waals surface area contributed by atoms with E-state index in [-0.39, 0.29) is 13.2 Å². The molecule has 5 atom stereocenters. The number of aliphatic hydroxyl groups is 1. The average Bonchev–Trinajstić information content (AvgIpc) is 3.20. The van der Waals surface area contributed by atoms with Crippen LogP contribution >= 0.6 is 0 Å². The molecule has 8 nitrogen and oxygen atoms in total. The summed E-state index contributed by atoms with van der Waals surface area (Å²) < 4.78 is 18.9. The smallest absolute Gasteiger partial charge is 0.291 e. The van der Waals surface area contributed by atoms with Crippen LogP contribution in [-0.4, -0.2) is 60.1 Å². The Hall–Kier alpha value is -2.36. The predicted molar refractivity (Wildman–Crippen MR) is 89.7 cm³/mol. The highest BCUT2D eigenvalue weighted by Gasteiger charge is 2.74. The molecule has 0 radical (unpaired) electrons. The Bertz CT molecular complexity index is 844. The Morgan fingerprint density at radius 1 is 1.37 bits per heavy atom. The summed E-state index contributed by atoms with van der Waals surface area (Å²) in [6.07, 6.45) is -0.943. The van der Waals surface area contributed by atoms with Crippen LogP contribution in [0, 0.1) is 17.7 Å². The van der Waals surface area contributed by atoms with Gasteiger partial charge in [-0.25, -0.2) is 4.39 Å². The third kappa shape index (κ3) is 2.28. The number of anilines is 1. The van der Waals surface area contributed by atoms with Crippen molar-refractivity contribution in [3.63, 3.8) is 0 Å². The van der Waals surface area contributed by atoms with E-state index < -0.39 is 53.1 Å². The minimum atomic E-state index is -1.47. The van der Waals surface area contributed by atoms with Crippen LogP contribution in [0.4, 0.5) is 10.1 Å². The van der Waals surface area contributed by atoms with E-state index in [0.29, 0.717) is 11.3 Å². The summed E-state index contributed by atoms with van der Waals surface area (Å²) >= 11 is 0. The number of likely N-dealkylation sites (tertiary alicyclic amines) is 1. The summed E-state index contributed by atoms with van der Waals surface area (Å²) in [5, 5.41) is 14.5. The molecule has 0 unspecified atom stereocenters. The van der Waals surface area contributed by atoms with Gasteiger partial charge < -0.3 is 20.5 Å². The Labute approximate surface area is 154 Å². The van der Waals surface area contributed by atoms with E-state index in [2.05, 4.69) is 5.32 Å². The van der Waals surface area contributed by atoms with E-state index in [0.717, 1.165) is 4.90 Å². The van der Waals surface area contributed by atoms with Crippen LogP contribution in [0.15, 0.2) is 18.2 Å². The highest BCUT2D eigenvalue weighted by Crippen LogP contribution is 2.49. The number of hydrogen-bond acceptors (Lipinski definition) is 5. The molecule has 0 saturated carbocycles. The fourth-order valence-electron chi connectivity index (χ4n) is 4.76. The standard InChI is InChI=1S/C18H20FN3O5/c1-8(23)14-12-13(16(25)22(15(12)24)5-6-27-2)18(21-14)10-7-9(19)3-4-11(10)20-17(18)26/h3-4,7-8,12-14,21,23H,5-6H2,1-2H3,(H,20,26)/p+1/t8-,12-,13-,14+,18-/m0/s1. The monoisotopic (exact) mass is 378 g/mol. The molecule has 0 aliphatic carbocycles. The number of carbonyl (C=O) groups is 3. The molecule has 27 heavy (non-hydrogen) atoms. The molecule has 3 heterocycles. The maximum atomic E-state index is 14.0. The molecule has 4 N–H and O–H groups in total. The van der Waals surface area contributed by atoms with Gasteiger partial charge in [0.1, 0.15) is 29.8 Å². The second-order valence-corrected chi connectivity index (χ2v) is 7.32. The van der Waals surface area contributed by atoms with Crippen molar-refractivity contribution in [1.29, 1.82) is 0 Å². The van der Waals surface area contributed by atoms with Crippen LogP contribution in [0.25, 0.3) is 0 Å². The molecule has 144 valence electrons. The normalized spacial score (nSPS) is 32.8. The third-order valence-corrected chi connectivity index (χ3v) is 5.93. The molecule has 4 rings (SSSR count). The number of benzene rings is 1. The van der Waals surface area contributed by atoms with E-state index in [1.807, 2.05) is 0 Å². The number of rotatable bonds is 4. The summed E-state index contributed by atoms with van der Waals surface area (Å²) in [6, 6.07) is 3.20. The van der Waals surface area contributed by atoms with Crippen LogP contribution in [0.1, 0.15) is 12.5 Å². The van der Waals surface area contributed by atoms with E-state index in [9.17, 15) is 23.9 Å². The van der Waals surface area contributed by atoms with Gasteiger partial charge in [0.2, 0.25) is 17.4 Å². The number of fused-ring (bicyclic) bond motifs is 4. The van der Waals surface area contributed by atoms with Crippen molar-refractivity contribution in [2.75, 3.05) is 25.6 Å². The van der Waals surface area contributed by atoms with Gasteiger partial charge in [-0.1, -0.05) is 0 Å². The van der Waals surface area contributed by atoms with Crippen LogP contribution in [-0.2, 0) is 24.7 Å². The zero-order valence-corrected chi connectivity index (χ0v) is 14.9. The lowest BCUT2D eigenvalue weighted by atomic mass is 9.76. The van der Waals surface area contributed by atoms with Gasteiger partial charge in [0.15, 0.2) is 0 Å². The second kappa shape index (κ2) is 6.08. The SMILES string of the molecule is COCCN1C(=O)[C@@H]2[C@@H]([C@H](C)O)[NH2+][C@]3(C(=O)Nc4ccc(F)cc43)[C@@H]2C1=O. The van der Waals surface area contributed by atoms with E-state index >= 15 is 0 Å². The van der Waals surface area contributed by atoms with E-state index in [4.69, 9.17) is 4.74 Å². The van der Waals surface area contributed by atoms with Gasteiger partial charge in [-0.15, -0.1) is 0 Å². The molecule has 3 aliphatic rings. The second-order valence-electron chi connectivity index (χ2n) is 7.32. The molecule has 1 aromatic rings. The summed E-state index contributed by atoms with van der Waals surface area (Å²) in [5.41, 5.74) is -0.725. The first-order chi connectivity index (χ1) is 12.8. The molecule has 2 saturated heterocycles. The minimum Gasteiger partial charge on any atom is -0.387 e. The molecule has 2 fully saturated rings. The Morgan fingerprint density at radius 3 is 2.78 bits per heavy atom. The molecule has 1 spiro atoms. The minimum absolute atomic E-state index is 0.0708. The lowest BCUT2D eigenvalue weighted by Gasteiger charge is -2.26. The number of nitrogens with two attached hydrogens (primary N) is 1. The van der Waals surface area contributed by atoms with Crippen LogP contribution in [0.5, 0.6) is 0 Å². The lowest BCUT2D eigenvalue weighted by molar-refractivity contribution is -0.738. The first-order valence-electron chi connectivity index (χ1n) is 8.82. The van der Waals surface area contributed by atoms with Gasteiger partial charge in [-0.2, -0.15) is 0 Å². The number of aliphatic hydroxyl groups excluding tert-OH is 1. The summed E-state index contributed by atoms with van der Waals surface area (Å²) in [4.78, 5) is 40.2. The lowest BCUT2D eigenvalue weighted by Crippen LogP contribution is -3.00. The number of amides is 3. The van der Waals surface area contributed by atoms with Crippen molar-refractivity contribution < 1.29 is 33.9 Å². The molecule has 0 aromatic heterocycles. The zero-order chi connectivity index (χ0) is 19.5. The summed E-state index contributed by atoms with van der Waals surface area (Å²) in [7, 11) is 1.46. The highest BCUT2D eigenvalue weighted by atomic mass is 19.1. The molecule has 3 aliphatic heterocycles. The first kappa shape index (κ1) is 18.0. The first-order valence-corrected chi connectivity index (χ1v) is 8.82. The molecule has 9 heteroatoms. The summed E-state index contributed by atoms with van der Waals surface area (Å²) in [6.45, 7) is 1.76. The van der Waals surface area contributed by atoms with Gasteiger partial charge in [-0.05, 0) is 25.1 Å². The average molecular weight is 378 g/mol. The molecular formula is C18H21FN3O5+. The van der Waals surface area contributed by atoms with Crippen molar-refractivity contribution >= 4 is 23.4 Å². The predicted octanol–water partition coefficient (Wildman–Crippen LogP) is -1.45. The Kier molecular flexibility index (Phi) is 4.06. The van der Waals surface area contributed by atoms with Crippen molar-refractivity contribution in [1.82, 2.24) is 4.90 Å². The number of carbonyl (C=O) groups excluding carboxylic acids is 3. The number of hydrogen-bond donors (Lipinski definition) is 3. The van der Waals surface area contributed by atoms with Crippen molar-refractivity contribution in [2.45, 2.75) is 24.6 Å². The summed E-state index contributed by atoms with van der Waals surface area (Å²) in [5.74, 6) is -3.81. The largest absolute Gasteiger partial charge is 0.387 e. The van der Waals surface area contributed by atoms with Crippen molar-refractivity contribution in [2.24, 2.45) is 11.8 Å². The number of imide groups is 1. The van der Waals surface area contributed by atoms with Gasteiger partial charge in [0, 0.05) is 12.7 Å². The quantitative estimate of drug-likeness (QED) is 0.555. The van der Waals surface area contributed by atoms with Crippen LogP contribution < -0.4 is 10.6 Å². The van der Waals surface area contributed by atoms with Gasteiger partial charge in [-0.3, -0.25) is 19.3 Å². The number of quaternary nitrogens is 1. The van der Waals surface area contributed by atoms with Crippen molar-refractivity contribution in [3.8, 4) is 0 Å². The van der Waals surface area contributed by atoms with E-state index in [1.54, 1.807) is 5.32 Å². The maximum absolute atomic E-state index is 14.0. The highest BCUT2D eigenvalue weighted by molar-refractivity contribution is 6.13. The number of halogens is 1. The zero-order valence-electron chi connectivity index (χ0n) is 14.9. The number of nitrogens with zero attached hydrogens (tertiary/aromatic N) is 1. The fourth-order valence-corrected chi connectivity index (χ4v) is 4.76. The van der Waals surface area contributed by atoms with Gasteiger partial charge in [0.05, 0.1) is 18.8 Å². The molecule has 1 aromatic carbocycles. The van der Waals surface area contributed by atoms with Crippen molar-refractivity contribution in [3.05, 3.63) is 29.6 Å². The number of ether oxygens (including phenoxy) is 1. The van der Waals surface area contributed by atoms with Gasteiger partial charge in [0.25, 0.3) is 5.91 Å².